The van der Waals surface area contributed by atoms with Crippen LogP contribution in [-0.2, 0) is 20.8 Å². The standard InChI is InChI=1S/C14H16N2O3/c17-12-9-16(10-13(18)15-12)14(19)8-4-7-11-5-2-1-3-6-11/h1-3,5-6H,4,7-10H2,(H,15,17,18). The predicted octanol–water partition coefficient (Wildman–Crippen LogP) is 0.494. The van der Waals surface area contributed by atoms with E-state index in [1.807, 2.05) is 30.3 Å². The van der Waals surface area contributed by atoms with Crippen molar-refractivity contribution >= 4 is 17.7 Å². The first kappa shape index (κ1) is 13.3. The first-order valence-corrected chi connectivity index (χ1v) is 6.29. The molecule has 1 heterocycles. The van der Waals surface area contributed by atoms with Crippen molar-refractivity contribution in [3.05, 3.63) is 35.9 Å². The Balaban J connectivity index is 1.78. The normalized spacial score (nSPS) is 15.3. The van der Waals surface area contributed by atoms with Crippen LogP contribution in [0.15, 0.2) is 30.3 Å². The molecule has 3 amide bonds. The van der Waals surface area contributed by atoms with Crippen LogP contribution in [0, 0.1) is 0 Å². The second-order valence-corrected chi connectivity index (χ2v) is 4.56. The van der Waals surface area contributed by atoms with Gasteiger partial charge in [-0.25, -0.2) is 0 Å². The number of benzene rings is 1. The molecular formula is C14H16N2O3. The molecule has 0 saturated carbocycles. The van der Waals surface area contributed by atoms with Gasteiger partial charge >= 0.3 is 0 Å². The SMILES string of the molecule is O=C1CN(C(=O)CCCc2ccccc2)CC(=O)N1. The summed E-state index contributed by atoms with van der Waals surface area (Å²) < 4.78 is 0. The summed E-state index contributed by atoms with van der Waals surface area (Å²) in [6.45, 7) is -0.0359. The smallest absolute Gasteiger partial charge is 0.246 e. The molecular weight excluding hydrogens is 244 g/mol. The minimum atomic E-state index is -0.410. The molecule has 1 N–H and O–H groups in total. The molecule has 1 saturated heterocycles. The summed E-state index contributed by atoms with van der Waals surface area (Å²) in [6, 6.07) is 9.91. The molecule has 0 atom stereocenters. The molecule has 0 radical (unpaired) electrons. The number of hydrogen-bond donors (Lipinski definition) is 1. The van der Waals surface area contributed by atoms with Gasteiger partial charge in [0.1, 0.15) is 13.1 Å². The van der Waals surface area contributed by atoms with E-state index in [0.717, 1.165) is 12.8 Å². The summed E-state index contributed by atoms with van der Waals surface area (Å²) in [6.07, 6.45) is 1.89. The molecule has 0 aliphatic carbocycles. The molecule has 0 unspecified atom stereocenters. The fourth-order valence-corrected chi connectivity index (χ4v) is 2.06. The van der Waals surface area contributed by atoms with Crippen LogP contribution in [0.25, 0.3) is 0 Å². The Morgan fingerprint density at radius 3 is 2.37 bits per heavy atom. The Bertz CT molecular complexity index is 469. The summed E-state index contributed by atoms with van der Waals surface area (Å²) in [5, 5.41) is 2.17. The van der Waals surface area contributed by atoms with Crippen LogP contribution in [0.3, 0.4) is 0 Å². The van der Waals surface area contributed by atoms with Crippen molar-refractivity contribution in [3.8, 4) is 0 Å². The lowest BCUT2D eigenvalue weighted by molar-refractivity contribution is -0.145. The topological polar surface area (TPSA) is 66.5 Å². The Labute approximate surface area is 111 Å². The summed E-state index contributed by atoms with van der Waals surface area (Å²) >= 11 is 0. The monoisotopic (exact) mass is 260 g/mol. The van der Waals surface area contributed by atoms with Gasteiger partial charge in [-0.3, -0.25) is 19.7 Å². The van der Waals surface area contributed by atoms with Gasteiger partial charge in [-0.05, 0) is 18.4 Å². The molecule has 0 bridgehead atoms. The fraction of sp³-hybridized carbons (Fsp3) is 0.357. The van der Waals surface area contributed by atoms with Crippen LogP contribution in [0.5, 0.6) is 0 Å². The van der Waals surface area contributed by atoms with Gasteiger partial charge in [-0.15, -0.1) is 0 Å². The maximum absolute atomic E-state index is 11.9. The lowest BCUT2D eigenvalue weighted by Crippen LogP contribution is -2.53. The highest BCUT2D eigenvalue weighted by Gasteiger charge is 2.25. The molecule has 2 rings (SSSR count). The van der Waals surface area contributed by atoms with Crippen molar-refractivity contribution in [2.75, 3.05) is 13.1 Å². The van der Waals surface area contributed by atoms with Gasteiger partial charge < -0.3 is 4.90 Å². The summed E-state index contributed by atoms with van der Waals surface area (Å²) in [7, 11) is 0. The van der Waals surface area contributed by atoms with Crippen LogP contribution in [0.1, 0.15) is 18.4 Å². The van der Waals surface area contributed by atoms with E-state index in [1.165, 1.54) is 10.5 Å². The van der Waals surface area contributed by atoms with Crippen molar-refractivity contribution in [1.29, 1.82) is 0 Å². The van der Waals surface area contributed by atoms with Crippen LogP contribution >= 0.6 is 0 Å². The third-order valence-corrected chi connectivity index (χ3v) is 3.00. The Hall–Kier alpha value is -2.17. The second-order valence-electron chi connectivity index (χ2n) is 4.56. The summed E-state index contributed by atoms with van der Waals surface area (Å²) in [4.78, 5) is 35.5. The van der Waals surface area contributed by atoms with Gasteiger partial charge in [-0.1, -0.05) is 30.3 Å². The lowest BCUT2D eigenvalue weighted by atomic mass is 10.1. The van der Waals surface area contributed by atoms with Crippen molar-refractivity contribution in [1.82, 2.24) is 10.2 Å². The number of carbonyl (C=O) groups excluding carboxylic acids is 3. The first-order valence-electron chi connectivity index (χ1n) is 6.29. The van der Waals surface area contributed by atoms with E-state index in [1.54, 1.807) is 0 Å². The van der Waals surface area contributed by atoms with E-state index >= 15 is 0 Å². The van der Waals surface area contributed by atoms with Crippen LogP contribution in [0.4, 0.5) is 0 Å². The average molecular weight is 260 g/mol. The zero-order valence-corrected chi connectivity index (χ0v) is 10.6. The Morgan fingerprint density at radius 2 is 1.74 bits per heavy atom. The molecule has 1 aliphatic heterocycles. The van der Waals surface area contributed by atoms with Gasteiger partial charge in [0.15, 0.2) is 0 Å². The van der Waals surface area contributed by atoms with E-state index in [2.05, 4.69) is 5.32 Å². The molecule has 19 heavy (non-hydrogen) atoms. The van der Waals surface area contributed by atoms with Crippen LogP contribution in [0.2, 0.25) is 0 Å². The van der Waals surface area contributed by atoms with Crippen LogP contribution < -0.4 is 5.32 Å². The highest BCUT2D eigenvalue weighted by atomic mass is 16.2. The molecule has 0 aromatic heterocycles. The van der Waals surface area contributed by atoms with Crippen molar-refractivity contribution in [3.63, 3.8) is 0 Å². The van der Waals surface area contributed by atoms with E-state index < -0.39 is 11.8 Å². The summed E-state index contributed by atoms with van der Waals surface area (Å²) in [5.41, 5.74) is 1.18. The molecule has 100 valence electrons. The second kappa shape index (κ2) is 6.13. The number of piperazine rings is 1. The summed E-state index contributed by atoms with van der Waals surface area (Å²) in [5.74, 6) is -0.959. The average Bonchev–Trinajstić information content (AvgIpc) is 2.38. The predicted molar refractivity (Wildman–Crippen MR) is 69.1 cm³/mol. The zero-order chi connectivity index (χ0) is 13.7. The quantitative estimate of drug-likeness (QED) is 0.801. The first-order chi connectivity index (χ1) is 9.15. The maximum atomic E-state index is 11.9. The van der Waals surface area contributed by atoms with E-state index in [-0.39, 0.29) is 19.0 Å². The third-order valence-electron chi connectivity index (χ3n) is 3.00. The molecule has 1 aliphatic rings. The number of carbonyl (C=O) groups is 3. The van der Waals surface area contributed by atoms with Crippen LogP contribution in [-0.4, -0.2) is 35.7 Å². The third kappa shape index (κ3) is 3.91. The molecule has 5 nitrogen and oxygen atoms in total. The van der Waals surface area contributed by atoms with Gasteiger partial charge in [0, 0.05) is 6.42 Å². The molecule has 1 aromatic rings. The van der Waals surface area contributed by atoms with Gasteiger partial charge in [0.05, 0.1) is 0 Å². The highest BCUT2D eigenvalue weighted by Crippen LogP contribution is 2.07. The van der Waals surface area contributed by atoms with E-state index in [0.29, 0.717) is 6.42 Å². The largest absolute Gasteiger partial charge is 0.324 e. The molecule has 5 heteroatoms. The molecule has 0 spiro atoms. The number of imide groups is 1. The molecule has 1 aromatic carbocycles. The van der Waals surface area contributed by atoms with Crippen molar-refractivity contribution in [2.45, 2.75) is 19.3 Å². The Morgan fingerprint density at radius 1 is 1.11 bits per heavy atom. The molecule has 1 fully saturated rings. The number of aryl methyl sites for hydroxylation is 1. The fourth-order valence-electron chi connectivity index (χ4n) is 2.06. The highest BCUT2D eigenvalue weighted by molar-refractivity contribution is 6.02. The minimum absolute atomic E-state index is 0.0179. The number of amides is 3. The number of nitrogens with zero attached hydrogens (tertiary/aromatic N) is 1. The van der Waals surface area contributed by atoms with E-state index in [9.17, 15) is 14.4 Å². The van der Waals surface area contributed by atoms with E-state index in [4.69, 9.17) is 0 Å². The number of rotatable bonds is 4. The number of hydrogen-bond acceptors (Lipinski definition) is 3. The maximum Gasteiger partial charge on any atom is 0.246 e. The van der Waals surface area contributed by atoms with Gasteiger partial charge in [0.25, 0.3) is 0 Å². The van der Waals surface area contributed by atoms with Gasteiger partial charge in [0.2, 0.25) is 17.7 Å². The zero-order valence-electron chi connectivity index (χ0n) is 10.6. The lowest BCUT2D eigenvalue weighted by Gasteiger charge is -2.25. The van der Waals surface area contributed by atoms with Gasteiger partial charge in [-0.2, -0.15) is 0 Å². The van der Waals surface area contributed by atoms with Crippen molar-refractivity contribution < 1.29 is 14.4 Å². The Kier molecular flexibility index (Phi) is 4.28. The minimum Gasteiger partial charge on any atom is -0.324 e. The van der Waals surface area contributed by atoms with Crippen molar-refractivity contribution in [2.24, 2.45) is 0 Å². The number of nitrogens with one attached hydrogen (secondary N) is 1.